The van der Waals surface area contributed by atoms with Crippen molar-refractivity contribution in [3.8, 4) is 5.75 Å². The van der Waals surface area contributed by atoms with Crippen molar-refractivity contribution < 1.29 is 24.5 Å². The van der Waals surface area contributed by atoms with Crippen LogP contribution in [0.2, 0.25) is 0 Å². The van der Waals surface area contributed by atoms with Gasteiger partial charge in [-0.05, 0) is 69.2 Å². The highest BCUT2D eigenvalue weighted by atomic mass is 16.5. The van der Waals surface area contributed by atoms with E-state index in [1.54, 1.807) is 30.0 Å². The number of amides is 1. The number of carbonyl (C=O) groups is 2. The van der Waals surface area contributed by atoms with Crippen molar-refractivity contribution in [2.75, 3.05) is 25.4 Å². The molecule has 1 amide bonds. The number of likely N-dealkylation sites (tertiary alicyclic amines) is 1. The van der Waals surface area contributed by atoms with Crippen LogP contribution in [0, 0.1) is 12.8 Å². The minimum atomic E-state index is -1.09. The molecule has 2 aromatic rings. The number of hydrogen-bond donors (Lipinski definition) is 3. The number of nitrogens with zero attached hydrogens (tertiary/aromatic N) is 2. The van der Waals surface area contributed by atoms with Crippen molar-refractivity contribution >= 4 is 23.3 Å². The van der Waals surface area contributed by atoms with Crippen LogP contribution in [0.1, 0.15) is 63.4 Å². The van der Waals surface area contributed by atoms with E-state index in [1.165, 1.54) is 6.07 Å². The van der Waals surface area contributed by atoms with Crippen molar-refractivity contribution in [2.45, 2.75) is 39.0 Å². The predicted molar refractivity (Wildman–Crippen MR) is 124 cm³/mol. The fraction of sp³-hybridized carbons (Fsp3) is 0.400. The third-order valence-corrected chi connectivity index (χ3v) is 6.37. The van der Waals surface area contributed by atoms with Crippen LogP contribution in [-0.4, -0.2) is 51.7 Å². The smallest absolute Gasteiger partial charge is 0.339 e. The molecule has 2 aliphatic rings. The molecule has 8 nitrogen and oxygen atoms in total. The number of allylic oxidation sites excluding steroid dienone is 1. The molecule has 0 atom stereocenters. The molecule has 1 fully saturated rings. The summed E-state index contributed by atoms with van der Waals surface area (Å²) in [6, 6.07) is 6.40. The average Bonchev–Trinajstić information content (AvgIpc) is 2.99. The number of nitrogen functional groups attached to an aromatic ring is 1. The fourth-order valence-electron chi connectivity index (χ4n) is 4.58. The minimum absolute atomic E-state index is 0.0314. The van der Waals surface area contributed by atoms with Gasteiger partial charge in [-0.3, -0.25) is 9.78 Å². The van der Waals surface area contributed by atoms with Crippen molar-refractivity contribution in [3.05, 3.63) is 58.4 Å². The van der Waals surface area contributed by atoms with Crippen molar-refractivity contribution in [2.24, 2.45) is 5.92 Å². The molecule has 174 valence electrons. The number of phenolic OH excluding ortho intramolecular Hbond substituents is 1. The SMILES string of the molecule is Cc1nc2c(c(N)c1C(=O)O)C(OCC1CCN(C(=O)c3cccc(O)c3)CC1)=CCCC2. The van der Waals surface area contributed by atoms with Gasteiger partial charge in [0, 0.05) is 18.7 Å². The molecule has 0 radical (unpaired) electrons. The van der Waals surface area contributed by atoms with Crippen LogP contribution in [-0.2, 0) is 11.2 Å². The lowest BCUT2D eigenvalue weighted by atomic mass is 9.97. The van der Waals surface area contributed by atoms with E-state index in [0.717, 1.165) is 37.8 Å². The number of aromatic nitrogens is 1. The molecule has 8 heteroatoms. The topological polar surface area (TPSA) is 126 Å². The summed E-state index contributed by atoms with van der Waals surface area (Å²) in [7, 11) is 0. The molecule has 0 saturated carbocycles. The zero-order chi connectivity index (χ0) is 23.5. The summed E-state index contributed by atoms with van der Waals surface area (Å²) in [6.07, 6.45) is 6.00. The standard InChI is InChI=1S/C25H29N3O5/c1-15-21(25(31)32)23(26)22-19(27-15)7-2-3-8-20(22)33-14-16-9-11-28(12-10-16)24(30)17-5-4-6-18(29)13-17/h4-6,8,13,16,29H,2-3,7,9-12,14H2,1H3,(H2,26,27)(H,31,32). The number of benzene rings is 1. The number of anilines is 1. The Morgan fingerprint density at radius 3 is 2.73 bits per heavy atom. The number of fused-ring (bicyclic) bond motifs is 1. The van der Waals surface area contributed by atoms with Gasteiger partial charge in [0.2, 0.25) is 0 Å². The summed E-state index contributed by atoms with van der Waals surface area (Å²) >= 11 is 0. The maximum Gasteiger partial charge on any atom is 0.339 e. The fourth-order valence-corrected chi connectivity index (χ4v) is 4.58. The number of carbonyl (C=O) groups excluding carboxylic acids is 1. The molecule has 1 aliphatic heterocycles. The molecular weight excluding hydrogens is 422 g/mol. The maximum atomic E-state index is 12.7. The van der Waals surface area contributed by atoms with Crippen molar-refractivity contribution in [3.63, 3.8) is 0 Å². The first kappa shape index (κ1) is 22.6. The number of ether oxygens (including phenoxy) is 1. The molecule has 33 heavy (non-hydrogen) atoms. The maximum absolute atomic E-state index is 12.7. The number of aryl methyl sites for hydroxylation is 2. The quantitative estimate of drug-likeness (QED) is 0.634. The molecule has 0 unspecified atom stereocenters. The van der Waals surface area contributed by atoms with E-state index in [4.69, 9.17) is 10.5 Å². The number of hydrogen-bond acceptors (Lipinski definition) is 6. The number of pyridine rings is 1. The molecule has 4 rings (SSSR count). The summed E-state index contributed by atoms with van der Waals surface area (Å²) < 4.78 is 6.19. The van der Waals surface area contributed by atoms with Crippen LogP contribution in [0.5, 0.6) is 5.75 Å². The molecule has 1 aliphatic carbocycles. The number of rotatable bonds is 5. The molecule has 1 saturated heterocycles. The van der Waals surface area contributed by atoms with Gasteiger partial charge < -0.3 is 25.6 Å². The van der Waals surface area contributed by atoms with Gasteiger partial charge in [0.1, 0.15) is 17.1 Å². The van der Waals surface area contributed by atoms with Crippen LogP contribution >= 0.6 is 0 Å². The van der Waals surface area contributed by atoms with Crippen LogP contribution in [0.15, 0.2) is 30.3 Å². The largest absolute Gasteiger partial charge is 0.508 e. The zero-order valence-corrected chi connectivity index (χ0v) is 18.7. The first-order valence-corrected chi connectivity index (χ1v) is 11.3. The van der Waals surface area contributed by atoms with Gasteiger partial charge in [-0.1, -0.05) is 6.07 Å². The van der Waals surface area contributed by atoms with Gasteiger partial charge in [-0.25, -0.2) is 4.79 Å². The highest BCUT2D eigenvalue weighted by molar-refractivity contribution is 5.98. The van der Waals surface area contributed by atoms with Crippen molar-refractivity contribution in [1.29, 1.82) is 0 Å². The molecule has 2 heterocycles. The van der Waals surface area contributed by atoms with E-state index in [9.17, 15) is 19.8 Å². The van der Waals surface area contributed by atoms with Crippen LogP contribution in [0.3, 0.4) is 0 Å². The lowest BCUT2D eigenvalue weighted by Crippen LogP contribution is -2.39. The third-order valence-electron chi connectivity index (χ3n) is 6.37. The monoisotopic (exact) mass is 451 g/mol. The Kier molecular flexibility index (Phi) is 6.53. The third kappa shape index (κ3) is 4.79. The number of carboxylic acid groups (broad SMARTS) is 1. The van der Waals surface area contributed by atoms with Crippen LogP contribution in [0.25, 0.3) is 5.76 Å². The predicted octanol–water partition coefficient (Wildman–Crippen LogP) is 3.62. The minimum Gasteiger partial charge on any atom is -0.508 e. The second-order valence-corrected chi connectivity index (χ2v) is 8.67. The van der Waals surface area contributed by atoms with Gasteiger partial charge in [0.05, 0.1) is 29.2 Å². The number of aromatic hydroxyl groups is 1. The summed E-state index contributed by atoms with van der Waals surface area (Å²) in [6.45, 7) is 3.37. The number of piperidine rings is 1. The molecular formula is C25H29N3O5. The second kappa shape index (κ2) is 9.52. The van der Waals surface area contributed by atoms with Gasteiger partial charge in [-0.2, -0.15) is 0 Å². The number of carboxylic acids is 1. The van der Waals surface area contributed by atoms with E-state index in [2.05, 4.69) is 4.98 Å². The molecule has 0 spiro atoms. The van der Waals surface area contributed by atoms with Gasteiger partial charge in [-0.15, -0.1) is 0 Å². The normalized spacial score (nSPS) is 16.5. The number of nitrogens with two attached hydrogens (primary N) is 1. The Balaban J connectivity index is 1.42. The van der Waals surface area contributed by atoms with Gasteiger partial charge >= 0.3 is 5.97 Å². The van der Waals surface area contributed by atoms with Crippen molar-refractivity contribution in [1.82, 2.24) is 9.88 Å². The average molecular weight is 452 g/mol. The Hall–Kier alpha value is -3.55. The van der Waals surface area contributed by atoms with E-state index < -0.39 is 5.97 Å². The summed E-state index contributed by atoms with van der Waals surface area (Å²) in [5.41, 5.74) is 8.82. The molecule has 0 bridgehead atoms. The first-order chi connectivity index (χ1) is 15.8. The Morgan fingerprint density at radius 1 is 1.27 bits per heavy atom. The second-order valence-electron chi connectivity index (χ2n) is 8.67. The van der Waals surface area contributed by atoms with Crippen LogP contribution < -0.4 is 5.73 Å². The Labute approximate surface area is 192 Å². The zero-order valence-electron chi connectivity index (χ0n) is 18.7. The lowest BCUT2D eigenvalue weighted by Gasteiger charge is -2.32. The summed E-state index contributed by atoms with van der Waals surface area (Å²) in [5.74, 6) is -0.220. The molecule has 4 N–H and O–H groups in total. The Morgan fingerprint density at radius 2 is 2.03 bits per heavy atom. The molecule has 1 aromatic carbocycles. The van der Waals surface area contributed by atoms with Gasteiger partial charge in [0.25, 0.3) is 5.91 Å². The summed E-state index contributed by atoms with van der Waals surface area (Å²) in [5, 5.41) is 19.2. The number of aromatic carboxylic acids is 1. The van der Waals surface area contributed by atoms with E-state index in [1.807, 2.05) is 6.08 Å². The Bertz CT molecular complexity index is 1100. The highest BCUT2D eigenvalue weighted by Crippen LogP contribution is 2.34. The molecule has 1 aromatic heterocycles. The lowest BCUT2D eigenvalue weighted by molar-refractivity contribution is 0.0647. The first-order valence-electron chi connectivity index (χ1n) is 11.3. The van der Waals surface area contributed by atoms with Gasteiger partial charge in [0.15, 0.2) is 0 Å². The summed E-state index contributed by atoms with van der Waals surface area (Å²) in [4.78, 5) is 30.7. The number of phenols is 1. The van der Waals surface area contributed by atoms with E-state index >= 15 is 0 Å². The highest BCUT2D eigenvalue weighted by Gasteiger charge is 2.27. The van der Waals surface area contributed by atoms with E-state index in [-0.39, 0.29) is 28.8 Å². The van der Waals surface area contributed by atoms with Crippen LogP contribution in [0.4, 0.5) is 5.69 Å². The van der Waals surface area contributed by atoms with E-state index in [0.29, 0.717) is 42.3 Å².